The Balaban J connectivity index is 4.95. The third kappa shape index (κ3) is 18.8. The maximum Gasteiger partial charge on any atom is 0.303 e. The first-order valence-electron chi connectivity index (χ1n) is 12.5. The van der Waals surface area contributed by atoms with Crippen LogP contribution < -0.4 is 0 Å². The molecule has 0 aromatic heterocycles. The van der Waals surface area contributed by atoms with E-state index in [-0.39, 0.29) is 19.3 Å². The number of rotatable bonds is 23. The number of nitrogens with zero attached hydrogens (tertiary/aromatic N) is 1. The van der Waals surface area contributed by atoms with Crippen molar-refractivity contribution in [1.82, 2.24) is 0 Å². The molecule has 0 aromatic carbocycles. The minimum atomic E-state index is -0.783. The van der Waals surface area contributed by atoms with Gasteiger partial charge in [-0.2, -0.15) is 0 Å². The second-order valence-corrected chi connectivity index (χ2v) is 8.92. The SMILES string of the molecule is CCCCCCC/C=C/C[N+](CCCCC(=O)O)(CCCCC(=O)O)CCCCC(=O)O. The summed E-state index contributed by atoms with van der Waals surface area (Å²) in [5.41, 5.74) is 0. The Kier molecular flexibility index (Phi) is 18.6. The van der Waals surface area contributed by atoms with Crippen LogP contribution in [0.4, 0.5) is 0 Å². The summed E-state index contributed by atoms with van der Waals surface area (Å²) in [6, 6.07) is 0. The lowest BCUT2D eigenvalue weighted by Gasteiger charge is -2.38. The van der Waals surface area contributed by atoms with Gasteiger partial charge in [-0.25, -0.2) is 0 Å². The van der Waals surface area contributed by atoms with Gasteiger partial charge in [-0.3, -0.25) is 14.4 Å². The number of unbranched alkanes of at least 4 members (excludes halogenated alkanes) is 8. The molecule has 32 heavy (non-hydrogen) atoms. The van der Waals surface area contributed by atoms with E-state index < -0.39 is 17.9 Å². The lowest BCUT2D eigenvalue weighted by atomic mass is 10.1. The van der Waals surface area contributed by atoms with E-state index in [0.29, 0.717) is 19.3 Å². The number of carboxylic acids is 3. The zero-order valence-corrected chi connectivity index (χ0v) is 20.1. The van der Waals surface area contributed by atoms with Gasteiger partial charge in [0.25, 0.3) is 0 Å². The second kappa shape index (κ2) is 19.8. The Bertz CT molecular complexity index is 491. The molecule has 0 spiro atoms. The van der Waals surface area contributed by atoms with Gasteiger partial charge in [-0.05, 0) is 57.4 Å². The Labute approximate surface area is 194 Å². The molecular weight excluding hydrogens is 410 g/mol. The number of quaternary nitrogens is 1. The first-order valence-corrected chi connectivity index (χ1v) is 12.5. The van der Waals surface area contributed by atoms with Crippen LogP contribution in [0.2, 0.25) is 0 Å². The van der Waals surface area contributed by atoms with Crippen LogP contribution in [-0.2, 0) is 14.4 Å². The summed E-state index contributed by atoms with van der Waals surface area (Å²) >= 11 is 0. The Morgan fingerprint density at radius 3 is 1.44 bits per heavy atom. The molecule has 0 heterocycles. The topological polar surface area (TPSA) is 112 Å². The van der Waals surface area contributed by atoms with Crippen molar-refractivity contribution in [1.29, 1.82) is 0 Å². The lowest BCUT2D eigenvalue weighted by Crippen LogP contribution is -2.50. The van der Waals surface area contributed by atoms with E-state index in [1.54, 1.807) is 0 Å². The van der Waals surface area contributed by atoms with Gasteiger partial charge in [0.15, 0.2) is 0 Å². The summed E-state index contributed by atoms with van der Waals surface area (Å²) in [7, 11) is 0. The van der Waals surface area contributed by atoms with Crippen LogP contribution in [0.15, 0.2) is 12.2 Å². The fourth-order valence-electron chi connectivity index (χ4n) is 4.06. The van der Waals surface area contributed by atoms with Crippen molar-refractivity contribution in [3.8, 4) is 0 Å². The third-order valence-electron chi connectivity index (χ3n) is 5.95. The summed E-state index contributed by atoms with van der Waals surface area (Å²) < 4.78 is 0.783. The molecule has 0 radical (unpaired) electrons. The molecular formula is C25H46NO6+. The summed E-state index contributed by atoms with van der Waals surface area (Å²) in [5.74, 6) is -2.35. The lowest BCUT2D eigenvalue weighted by molar-refractivity contribution is -0.923. The van der Waals surface area contributed by atoms with E-state index >= 15 is 0 Å². The molecule has 0 aliphatic rings. The van der Waals surface area contributed by atoms with Crippen LogP contribution in [0.5, 0.6) is 0 Å². The number of aliphatic carboxylic acids is 3. The monoisotopic (exact) mass is 456 g/mol. The summed E-state index contributed by atoms with van der Waals surface area (Å²) in [6.45, 7) is 5.57. The Hall–Kier alpha value is -1.89. The zero-order chi connectivity index (χ0) is 24.1. The molecule has 0 amide bonds. The maximum atomic E-state index is 10.9. The molecule has 0 unspecified atom stereocenters. The van der Waals surface area contributed by atoms with Crippen LogP contribution in [-0.4, -0.2) is 63.9 Å². The van der Waals surface area contributed by atoms with Gasteiger partial charge >= 0.3 is 17.9 Å². The molecule has 7 nitrogen and oxygen atoms in total. The smallest absolute Gasteiger partial charge is 0.303 e. The highest BCUT2D eigenvalue weighted by atomic mass is 16.4. The van der Waals surface area contributed by atoms with E-state index in [1.165, 1.54) is 32.1 Å². The summed E-state index contributed by atoms with van der Waals surface area (Å²) in [6.07, 6.45) is 16.5. The van der Waals surface area contributed by atoms with E-state index in [4.69, 9.17) is 15.3 Å². The number of allylic oxidation sites excluding steroid dienone is 1. The molecule has 186 valence electrons. The number of hydrogen-bond donors (Lipinski definition) is 3. The van der Waals surface area contributed by atoms with Crippen molar-refractivity contribution in [3.63, 3.8) is 0 Å². The molecule has 0 aromatic rings. The van der Waals surface area contributed by atoms with Crippen LogP contribution >= 0.6 is 0 Å². The van der Waals surface area contributed by atoms with Gasteiger partial charge in [0.1, 0.15) is 0 Å². The van der Waals surface area contributed by atoms with E-state index in [1.807, 2.05) is 0 Å². The van der Waals surface area contributed by atoms with Gasteiger partial charge in [0.05, 0.1) is 26.2 Å². The van der Waals surface area contributed by atoms with Crippen molar-refractivity contribution in [2.75, 3.05) is 26.2 Å². The maximum absolute atomic E-state index is 10.9. The largest absolute Gasteiger partial charge is 0.481 e. The fourth-order valence-corrected chi connectivity index (χ4v) is 4.06. The Morgan fingerprint density at radius 2 is 1.03 bits per heavy atom. The van der Waals surface area contributed by atoms with Crippen LogP contribution in [0.1, 0.15) is 103 Å². The molecule has 0 aliphatic heterocycles. The van der Waals surface area contributed by atoms with Crippen molar-refractivity contribution in [2.24, 2.45) is 0 Å². The minimum absolute atomic E-state index is 0.158. The van der Waals surface area contributed by atoms with Crippen molar-refractivity contribution >= 4 is 17.9 Å². The third-order valence-corrected chi connectivity index (χ3v) is 5.95. The highest BCUT2D eigenvalue weighted by molar-refractivity contribution is 5.67. The molecule has 3 N–H and O–H groups in total. The normalized spacial score (nSPS) is 11.8. The average molecular weight is 457 g/mol. The number of carbonyl (C=O) groups is 3. The predicted octanol–water partition coefficient (Wildman–Crippen LogP) is 5.48. The molecule has 0 aliphatic carbocycles. The molecule has 0 bridgehead atoms. The van der Waals surface area contributed by atoms with Gasteiger partial charge in [-0.15, -0.1) is 0 Å². The van der Waals surface area contributed by atoms with Crippen LogP contribution in [0.25, 0.3) is 0 Å². The highest BCUT2D eigenvalue weighted by Crippen LogP contribution is 2.17. The molecule has 0 saturated carbocycles. The summed E-state index contributed by atoms with van der Waals surface area (Å²) in [4.78, 5) is 32.7. The highest BCUT2D eigenvalue weighted by Gasteiger charge is 2.25. The second-order valence-electron chi connectivity index (χ2n) is 8.92. The quantitative estimate of drug-likeness (QED) is 0.107. The summed E-state index contributed by atoms with van der Waals surface area (Å²) in [5, 5.41) is 26.8. The van der Waals surface area contributed by atoms with Gasteiger partial charge in [-0.1, -0.05) is 38.7 Å². The van der Waals surface area contributed by atoms with Crippen LogP contribution in [0, 0.1) is 0 Å². The number of hydrogen-bond acceptors (Lipinski definition) is 3. The van der Waals surface area contributed by atoms with Gasteiger partial charge in [0.2, 0.25) is 0 Å². The Morgan fingerprint density at radius 1 is 0.594 bits per heavy atom. The predicted molar refractivity (Wildman–Crippen MR) is 127 cm³/mol. The molecule has 7 heteroatoms. The van der Waals surface area contributed by atoms with Gasteiger partial charge in [0, 0.05) is 19.3 Å². The zero-order valence-electron chi connectivity index (χ0n) is 20.1. The van der Waals surface area contributed by atoms with Crippen LogP contribution in [0.3, 0.4) is 0 Å². The molecule has 0 rings (SSSR count). The van der Waals surface area contributed by atoms with Crippen molar-refractivity contribution < 1.29 is 34.2 Å². The molecule has 0 saturated heterocycles. The first kappa shape index (κ1) is 30.1. The van der Waals surface area contributed by atoms with E-state index in [0.717, 1.165) is 56.3 Å². The fraction of sp³-hybridized carbons (Fsp3) is 0.800. The molecule has 0 atom stereocenters. The van der Waals surface area contributed by atoms with Crippen molar-refractivity contribution in [2.45, 2.75) is 103 Å². The number of carboxylic acid groups (broad SMARTS) is 3. The average Bonchev–Trinajstić information content (AvgIpc) is 2.73. The minimum Gasteiger partial charge on any atom is -0.481 e. The standard InChI is InChI=1S/C25H45NO6/c1-2-3-4-5-6-7-8-12-19-26(20-13-9-16-23(27)28,21-14-10-17-24(29)30)22-15-11-18-25(31)32/h8,12H,2-7,9-11,13-22H2,1H3,(H2-,27,28,29,30,31,32)/p+1/b12-8+. The van der Waals surface area contributed by atoms with Gasteiger partial charge < -0.3 is 19.8 Å². The van der Waals surface area contributed by atoms with Crippen molar-refractivity contribution in [3.05, 3.63) is 12.2 Å². The first-order chi connectivity index (χ1) is 15.3. The molecule has 0 fully saturated rings. The van der Waals surface area contributed by atoms with E-state index in [2.05, 4.69) is 19.1 Å². The van der Waals surface area contributed by atoms with E-state index in [9.17, 15) is 14.4 Å².